The first-order valence-electron chi connectivity index (χ1n) is 12.0. The summed E-state index contributed by atoms with van der Waals surface area (Å²) in [5, 5.41) is 0. The number of aryl methyl sites for hydroxylation is 2. The fourth-order valence-corrected chi connectivity index (χ4v) is 5.36. The Labute approximate surface area is 190 Å². The molecule has 0 radical (unpaired) electrons. The molecule has 2 aromatic carbocycles. The summed E-state index contributed by atoms with van der Waals surface area (Å²) in [5.41, 5.74) is 4.69. The van der Waals surface area contributed by atoms with E-state index in [0.29, 0.717) is 6.04 Å². The lowest BCUT2D eigenvalue weighted by Crippen LogP contribution is -2.39. The number of benzene rings is 2. The molecule has 1 unspecified atom stereocenters. The minimum Gasteiger partial charge on any atom is -0.327 e. The second kappa shape index (κ2) is 9.04. The lowest BCUT2D eigenvalue weighted by atomic mass is 10.2. The molecule has 32 heavy (non-hydrogen) atoms. The van der Waals surface area contributed by atoms with E-state index in [1.54, 1.807) is 0 Å². The van der Waals surface area contributed by atoms with Crippen molar-refractivity contribution in [2.24, 2.45) is 0 Å². The van der Waals surface area contributed by atoms with Crippen molar-refractivity contribution in [3.63, 3.8) is 0 Å². The van der Waals surface area contributed by atoms with Crippen LogP contribution in [0.5, 0.6) is 0 Å². The maximum absolute atomic E-state index is 4.97. The molecule has 0 amide bonds. The van der Waals surface area contributed by atoms with E-state index in [4.69, 9.17) is 9.97 Å². The Kier molecular flexibility index (Phi) is 5.98. The van der Waals surface area contributed by atoms with Crippen molar-refractivity contribution in [2.45, 2.75) is 58.9 Å². The maximum atomic E-state index is 4.97. The summed E-state index contributed by atoms with van der Waals surface area (Å²) >= 11 is 0. The van der Waals surface area contributed by atoms with E-state index in [0.717, 1.165) is 56.1 Å². The molecule has 0 saturated carbocycles. The van der Waals surface area contributed by atoms with Gasteiger partial charge in [-0.1, -0.05) is 24.3 Å². The lowest BCUT2D eigenvalue weighted by molar-refractivity contribution is 0.175. The Bertz CT molecular complexity index is 1210. The third-order valence-corrected chi connectivity index (χ3v) is 6.88. The third-order valence-electron chi connectivity index (χ3n) is 6.88. The number of likely N-dealkylation sites (tertiary alicyclic amines) is 1. The molecule has 1 atom stereocenters. The molecule has 0 bridgehead atoms. The number of rotatable bonds is 8. The number of likely N-dealkylation sites (N-methyl/N-ethyl adjacent to an activating group) is 1. The highest BCUT2D eigenvalue weighted by Gasteiger charge is 2.27. The molecule has 3 heterocycles. The van der Waals surface area contributed by atoms with Crippen LogP contribution in [0, 0.1) is 0 Å². The maximum Gasteiger partial charge on any atom is 0.124 e. The van der Waals surface area contributed by atoms with E-state index >= 15 is 0 Å². The van der Waals surface area contributed by atoms with Crippen molar-refractivity contribution in [1.82, 2.24) is 28.9 Å². The first kappa shape index (κ1) is 21.2. The van der Waals surface area contributed by atoms with Crippen LogP contribution in [0.4, 0.5) is 0 Å². The summed E-state index contributed by atoms with van der Waals surface area (Å²) in [6, 6.07) is 17.5. The molecule has 1 aliphatic rings. The van der Waals surface area contributed by atoms with Crippen LogP contribution in [0.15, 0.2) is 48.5 Å². The molecule has 0 N–H and O–H groups in total. The summed E-state index contributed by atoms with van der Waals surface area (Å²) in [7, 11) is 2.23. The fraction of sp³-hybridized carbons (Fsp3) is 0.462. The standard InChI is InChI=1S/C26H34N6/c1-4-31-23-14-8-6-12-21(23)27-25(31)18-29(3)17-20-11-10-16-30(20)19-26-28-22-13-7-9-15-24(22)32(26)5-2/h6-9,12-15,20H,4-5,10-11,16-19H2,1-3H3. The van der Waals surface area contributed by atoms with Gasteiger partial charge in [-0.3, -0.25) is 9.80 Å². The molecule has 0 spiro atoms. The Morgan fingerprint density at radius 2 is 1.47 bits per heavy atom. The monoisotopic (exact) mass is 430 g/mol. The summed E-state index contributed by atoms with van der Waals surface area (Å²) in [6.07, 6.45) is 2.51. The molecular formula is C26H34N6. The van der Waals surface area contributed by atoms with Gasteiger partial charge in [-0.15, -0.1) is 0 Å². The molecular weight excluding hydrogens is 396 g/mol. The van der Waals surface area contributed by atoms with E-state index in [-0.39, 0.29) is 0 Å². The summed E-state index contributed by atoms with van der Waals surface area (Å²) in [5.74, 6) is 2.35. The number of hydrogen-bond acceptors (Lipinski definition) is 4. The van der Waals surface area contributed by atoms with Crippen LogP contribution in [0.3, 0.4) is 0 Å². The van der Waals surface area contributed by atoms with Crippen molar-refractivity contribution in [2.75, 3.05) is 20.1 Å². The minimum atomic E-state index is 0.560. The minimum absolute atomic E-state index is 0.560. The van der Waals surface area contributed by atoms with Crippen molar-refractivity contribution < 1.29 is 0 Å². The van der Waals surface area contributed by atoms with Crippen LogP contribution in [-0.4, -0.2) is 55.1 Å². The van der Waals surface area contributed by atoms with Gasteiger partial charge in [0, 0.05) is 25.7 Å². The highest BCUT2D eigenvalue weighted by atomic mass is 15.3. The topological polar surface area (TPSA) is 42.1 Å². The first-order chi connectivity index (χ1) is 15.7. The van der Waals surface area contributed by atoms with Gasteiger partial charge in [-0.05, 0) is 64.5 Å². The zero-order valence-corrected chi connectivity index (χ0v) is 19.5. The quantitative estimate of drug-likeness (QED) is 0.412. The first-order valence-corrected chi connectivity index (χ1v) is 12.0. The fourth-order valence-electron chi connectivity index (χ4n) is 5.36. The molecule has 2 aromatic heterocycles. The van der Waals surface area contributed by atoms with E-state index in [1.165, 1.54) is 29.7 Å². The van der Waals surface area contributed by atoms with Gasteiger partial charge in [0.05, 0.1) is 35.2 Å². The number of para-hydroxylation sites is 4. The van der Waals surface area contributed by atoms with Gasteiger partial charge in [0.25, 0.3) is 0 Å². The number of nitrogens with zero attached hydrogens (tertiary/aromatic N) is 6. The molecule has 1 aliphatic heterocycles. The van der Waals surface area contributed by atoms with Gasteiger partial charge in [-0.25, -0.2) is 9.97 Å². The van der Waals surface area contributed by atoms with Crippen molar-refractivity contribution in [3.05, 3.63) is 60.2 Å². The molecule has 5 rings (SSSR count). The van der Waals surface area contributed by atoms with Crippen LogP contribution in [0.25, 0.3) is 22.1 Å². The van der Waals surface area contributed by atoms with Crippen LogP contribution in [-0.2, 0) is 26.2 Å². The number of hydrogen-bond donors (Lipinski definition) is 0. The molecule has 6 nitrogen and oxygen atoms in total. The average Bonchev–Trinajstić information content (AvgIpc) is 3.48. The van der Waals surface area contributed by atoms with Crippen LogP contribution < -0.4 is 0 Å². The van der Waals surface area contributed by atoms with Crippen LogP contribution in [0.1, 0.15) is 38.3 Å². The van der Waals surface area contributed by atoms with E-state index in [2.05, 4.69) is 88.4 Å². The van der Waals surface area contributed by atoms with E-state index in [1.807, 2.05) is 0 Å². The Morgan fingerprint density at radius 1 is 0.875 bits per heavy atom. The van der Waals surface area contributed by atoms with Crippen molar-refractivity contribution >= 4 is 22.1 Å². The third kappa shape index (κ3) is 3.93. The largest absolute Gasteiger partial charge is 0.327 e. The summed E-state index contributed by atoms with van der Waals surface area (Å²) < 4.78 is 4.72. The Balaban J connectivity index is 1.29. The van der Waals surface area contributed by atoms with Gasteiger partial charge in [0.1, 0.15) is 11.6 Å². The van der Waals surface area contributed by atoms with Gasteiger partial charge in [0.2, 0.25) is 0 Å². The lowest BCUT2D eigenvalue weighted by Gasteiger charge is -2.28. The van der Waals surface area contributed by atoms with Crippen molar-refractivity contribution in [3.8, 4) is 0 Å². The van der Waals surface area contributed by atoms with Crippen LogP contribution in [0.2, 0.25) is 0 Å². The molecule has 6 heteroatoms. The predicted molar refractivity (Wildman–Crippen MR) is 131 cm³/mol. The van der Waals surface area contributed by atoms with Crippen LogP contribution >= 0.6 is 0 Å². The van der Waals surface area contributed by atoms with Gasteiger partial charge in [0.15, 0.2) is 0 Å². The highest BCUT2D eigenvalue weighted by molar-refractivity contribution is 5.76. The molecule has 0 aliphatic carbocycles. The second-order valence-electron chi connectivity index (χ2n) is 8.99. The second-order valence-corrected chi connectivity index (χ2v) is 8.99. The summed E-state index contributed by atoms with van der Waals surface area (Å²) in [6.45, 7) is 10.3. The number of imidazole rings is 2. The smallest absolute Gasteiger partial charge is 0.124 e. The normalized spacial score (nSPS) is 17.3. The molecule has 1 saturated heterocycles. The van der Waals surface area contributed by atoms with Gasteiger partial charge in [-0.2, -0.15) is 0 Å². The highest BCUT2D eigenvalue weighted by Crippen LogP contribution is 2.24. The summed E-state index contributed by atoms with van der Waals surface area (Å²) in [4.78, 5) is 15.0. The SMILES string of the molecule is CCn1c(CN(C)CC2CCCN2Cc2nc3ccccc3n2CC)nc2ccccc21. The molecule has 4 aromatic rings. The zero-order chi connectivity index (χ0) is 22.1. The average molecular weight is 431 g/mol. The van der Waals surface area contributed by atoms with Gasteiger partial charge >= 0.3 is 0 Å². The molecule has 168 valence electrons. The van der Waals surface area contributed by atoms with E-state index < -0.39 is 0 Å². The molecule has 1 fully saturated rings. The van der Waals surface area contributed by atoms with Crippen molar-refractivity contribution in [1.29, 1.82) is 0 Å². The van der Waals surface area contributed by atoms with E-state index in [9.17, 15) is 0 Å². The number of fused-ring (bicyclic) bond motifs is 2. The Morgan fingerprint density at radius 3 is 2.12 bits per heavy atom. The predicted octanol–water partition coefficient (Wildman–Crippen LogP) is 4.52. The number of aromatic nitrogens is 4. The van der Waals surface area contributed by atoms with Gasteiger partial charge < -0.3 is 9.13 Å². The zero-order valence-electron chi connectivity index (χ0n) is 19.5. The Hall–Kier alpha value is -2.70.